The van der Waals surface area contributed by atoms with Gasteiger partial charge in [0.2, 0.25) is 0 Å². The molecule has 0 bridgehead atoms. The maximum Gasteiger partial charge on any atom is 0.435 e. The first-order valence-corrected chi connectivity index (χ1v) is 9.01. The molecule has 3 rings (SSSR count). The summed E-state index contributed by atoms with van der Waals surface area (Å²) in [5.74, 6) is -0.336. The maximum atomic E-state index is 12.9. The summed E-state index contributed by atoms with van der Waals surface area (Å²) >= 11 is 0. The van der Waals surface area contributed by atoms with Gasteiger partial charge in [-0.3, -0.25) is 9.48 Å². The van der Waals surface area contributed by atoms with Crippen molar-refractivity contribution in [1.82, 2.24) is 19.6 Å². The van der Waals surface area contributed by atoms with Crippen molar-refractivity contribution in [2.45, 2.75) is 50.7 Å². The van der Waals surface area contributed by atoms with Crippen LogP contribution in [0.25, 0.3) is 0 Å². The van der Waals surface area contributed by atoms with E-state index in [2.05, 4.69) is 10.00 Å². The van der Waals surface area contributed by atoms with E-state index in [9.17, 15) is 18.0 Å². The third-order valence-corrected chi connectivity index (χ3v) is 5.25. The van der Waals surface area contributed by atoms with Crippen molar-refractivity contribution in [2.24, 2.45) is 7.05 Å². The van der Waals surface area contributed by atoms with Crippen LogP contribution in [0.5, 0.6) is 0 Å². The van der Waals surface area contributed by atoms with Gasteiger partial charge in [-0.25, -0.2) is 0 Å². The summed E-state index contributed by atoms with van der Waals surface area (Å²) < 4.78 is 39.6. The number of carbonyl (C=O) groups excluding carboxylic acids is 1. The highest BCUT2D eigenvalue weighted by Gasteiger charge is 2.37. The van der Waals surface area contributed by atoms with Crippen LogP contribution in [0.4, 0.5) is 13.2 Å². The Morgan fingerprint density at radius 2 is 1.88 bits per heavy atom. The number of likely N-dealkylation sites (tertiary alicyclic amines) is 2. The molecule has 1 amide bonds. The monoisotopic (exact) mass is 358 g/mol. The average Bonchev–Trinajstić information content (AvgIpc) is 3.21. The number of amides is 1. The molecule has 2 aliphatic rings. The van der Waals surface area contributed by atoms with Gasteiger partial charge in [0.05, 0.1) is 0 Å². The first-order valence-electron chi connectivity index (χ1n) is 9.01. The smallest absolute Gasteiger partial charge is 0.334 e. The summed E-state index contributed by atoms with van der Waals surface area (Å²) in [7, 11) is 1.39. The topological polar surface area (TPSA) is 41.4 Å². The number of alkyl halides is 3. The number of rotatable bonds is 4. The normalized spacial score (nSPS) is 22.6. The van der Waals surface area contributed by atoms with E-state index >= 15 is 0 Å². The number of halogens is 3. The van der Waals surface area contributed by atoms with Crippen molar-refractivity contribution in [3.05, 3.63) is 17.5 Å². The summed E-state index contributed by atoms with van der Waals surface area (Å²) in [6, 6.07) is 0.972. The van der Waals surface area contributed by atoms with Crippen LogP contribution in [0.15, 0.2) is 6.07 Å². The quantitative estimate of drug-likeness (QED) is 0.831. The van der Waals surface area contributed by atoms with Crippen LogP contribution in [0.3, 0.4) is 0 Å². The fourth-order valence-electron chi connectivity index (χ4n) is 3.86. The second-order valence-electron chi connectivity index (χ2n) is 7.02. The molecule has 25 heavy (non-hydrogen) atoms. The number of nitrogens with zero attached hydrogens (tertiary/aromatic N) is 4. The molecule has 2 fully saturated rings. The fraction of sp³-hybridized carbons (Fsp3) is 0.765. The van der Waals surface area contributed by atoms with Gasteiger partial charge in [-0.1, -0.05) is 0 Å². The molecule has 0 radical (unpaired) electrons. The van der Waals surface area contributed by atoms with Crippen LogP contribution in [0.2, 0.25) is 0 Å². The lowest BCUT2D eigenvalue weighted by Crippen LogP contribution is -2.45. The molecule has 140 valence electrons. The van der Waals surface area contributed by atoms with E-state index in [0.717, 1.165) is 56.1 Å². The summed E-state index contributed by atoms with van der Waals surface area (Å²) in [5.41, 5.74) is -0.996. The second kappa shape index (κ2) is 7.35. The van der Waals surface area contributed by atoms with Gasteiger partial charge < -0.3 is 9.80 Å². The van der Waals surface area contributed by atoms with Gasteiger partial charge >= 0.3 is 6.18 Å². The largest absolute Gasteiger partial charge is 0.435 e. The SMILES string of the molecule is Cn1nc(C(F)(F)F)cc1C(=O)N1CCCC[C@@H]1CCN1CCCC1. The molecule has 0 N–H and O–H groups in total. The third kappa shape index (κ3) is 4.16. The van der Waals surface area contributed by atoms with Gasteiger partial charge in [-0.2, -0.15) is 18.3 Å². The molecule has 0 unspecified atom stereocenters. The number of aryl methyl sites for hydroxylation is 1. The highest BCUT2D eigenvalue weighted by Crippen LogP contribution is 2.29. The van der Waals surface area contributed by atoms with Gasteiger partial charge in [0, 0.05) is 32.2 Å². The van der Waals surface area contributed by atoms with Crippen molar-refractivity contribution in [1.29, 1.82) is 0 Å². The van der Waals surface area contributed by atoms with Crippen LogP contribution in [-0.2, 0) is 13.2 Å². The van der Waals surface area contributed by atoms with Crippen molar-refractivity contribution < 1.29 is 18.0 Å². The molecular formula is C17H25F3N4O. The zero-order valence-electron chi connectivity index (χ0n) is 14.6. The fourth-order valence-corrected chi connectivity index (χ4v) is 3.86. The standard InChI is InChI=1S/C17H25F3N4O/c1-22-14(12-15(21-22)17(18,19)20)16(25)24-10-3-2-6-13(24)7-11-23-8-4-5-9-23/h12-13H,2-11H2,1H3/t13-/m1/s1. The number of piperidine rings is 1. The lowest BCUT2D eigenvalue weighted by molar-refractivity contribution is -0.141. The molecule has 5 nitrogen and oxygen atoms in total. The summed E-state index contributed by atoms with van der Waals surface area (Å²) in [4.78, 5) is 17.0. The Balaban J connectivity index is 1.71. The highest BCUT2D eigenvalue weighted by molar-refractivity contribution is 5.93. The van der Waals surface area contributed by atoms with Crippen molar-refractivity contribution >= 4 is 5.91 Å². The van der Waals surface area contributed by atoms with Gasteiger partial charge in [-0.05, 0) is 51.6 Å². The van der Waals surface area contributed by atoms with Crippen LogP contribution >= 0.6 is 0 Å². The average molecular weight is 358 g/mol. The number of hydrogen-bond donors (Lipinski definition) is 0. The lowest BCUT2D eigenvalue weighted by Gasteiger charge is -2.36. The van der Waals surface area contributed by atoms with Crippen molar-refractivity contribution in [2.75, 3.05) is 26.2 Å². The van der Waals surface area contributed by atoms with Crippen molar-refractivity contribution in [3.8, 4) is 0 Å². The van der Waals surface area contributed by atoms with Crippen molar-refractivity contribution in [3.63, 3.8) is 0 Å². The first-order chi connectivity index (χ1) is 11.9. The van der Waals surface area contributed by atoms with E-state index in [-0.39, 0.29) is 17.6 Å². The second-order valence-corrected chi connectivity index (χ2v) is 7.02. The molecule has 8 heteroatoms. The minimum Gasteiger partial charge on any atom is -0.334 e. The van der Waals surface area contributed by atoms with E-state index in [1.54, 1.807) is 4.90 Å². The molecule has 2 aliphatic heterocycles. The van der Waals surface area contributed by atoms with E-state index in [0.29, 0.717) is 6.54 Å². The van der Waals surface area contributed by atoms with E-state index in [1.165, 1.54) is 19.9 Å². The Hall–Kier alpha value is -1.57. The zero-order chi connectivity index (χ0) is 18.0. The minimum atomic E-state index is -4.53. The molecule has 1 aromatic rings. The predicted molar refractivity (Wildman–Crippen MR) is 87.2 cm³/mol. The Labute approximate surface area is 145 Å². The van der Waals surface area contributed by atoms with Crippen LogP contribution < -0.4 is 0 Å². The molecular weight excluding hydrogens is 333 g/mol. The Kier molecular flexibility index (Phi) is 5.36. The van der Waals surface area contributed by atoms with Gasteiger partial charge in [0.15, 0.2) is 5.69 Å². The van der Waals surface area contributed by atoms with Crippen LogP contribution in [0.1, 0.15) is 54.7 Å². The van der Waals surface area contributed by atoms with Gasteiger partial charge in [-0.15, -0.1) is 0 Å². The van der Waals surface area contributed by atoms with Crippen LogP contribution in [0, 0.1) is 0 Å². The number of aromatic nitrogens is 2. The number of hydrogen-bond acceptors (Lipinski definition) is 3. The molecule has 0 aliphatic carbocycles. The summed E-state index contributed by atoms with van der Waals surface area (Å²) in [6.45, 7) is 3.78. The minimum absolute atomic E-state index is 0.0143. The molecule has 0 saturated carbocycles. The Morgan fingerprint density at radius 1 is 1.20 bits per heavy atom. The summed E-state index contributed by atoms with van der Waals surface area (Å²) in [6.07, 6.45) is 1.68. The predicted octanol–water partition coefficient (Wildman–Crippen LogP) is 2.92. The van der Waals surface area contributed by atoms with E-state index in [4.69, 9.17) is 0 Å². The van der Waals surface area contributed by atoms with E-state index < -0.39 is 11.9 Å². The molecule has 1 aromatic heterocycles. The first kappa shape index (κ1) is 18.2. The Bertz CT molecular complexity index is 608. The van der Waals surface area contributed by atoms with Gasteiger partial charge in [0.1, 0.15) is 5.69 Å². The molecule has 1 atom stereocenters. The number of carbonyl (C=O) groups is 1. The Morgan fingerprint density at radius 3 is 2.52 bits per heavy atom. The molecule has 0 aromatic carbocycles. The maximum absolute atomic E-state index is 12.9. The lowest BCUT2D eigenvalue weighted by atomic mass is 9.98. The van der Waals surface area contributed by atoms with Crippen LogP contribution in [-0.4, -0.2) is 57.7 Å². The molecule has 2 saturated heterocycles. The highest BCUT2D eigenvalue weighted by atomic mass is 19.4. The molecule has 3 heterocycles. The third-order valence-electron chi connectivity index (χ3n) is 5.25. The van der Waals surface area contributed by atoms with E-state index in [1.807, 2.05) is 0 Å². The molecule has 0 spiro atoms. The summed E-state index contributed by atoms with van der Waals surface area (Å²) in [5, 5.41) is 3.47. The zero-order valence-corrected chi connectivity index (χ0v) is 14.6. The van der Waals surface area contributed by atoms with Gasteiger partial charge in [0.25, 0.3) is 5.91 Å².